The van der Waals surface area contributed by atoms with Crippen molar-refractivity contribution in [1.82, 2.24) is 0 Å². The lowest BCUT2D eigenvalue weighted by Gasteiger charge is -1.95. The standard InChI is InChI=1S/C7H15BrO.CH2O/c8-6-4-2-1-3-5-7-9;1-2/h9H,1-7H2;1H2. The van der Waals surface area contributed by atoms with E-state index < -0.39 is 0 Å². The van der Waals surface area contributed by atoms with Gasteiger partial charge >= 0.3 is 0 Å². The topological polar surface area (TPSA) is 37.3 Å². The van der Waals surface area contributed by atoms with Gasteiger partial charge < -0.3 is 9.90 Å². The number of aliphatic hydroxyl groups excluding tert-OH is 1. The summed E-state index contributed by atoms with van der Waals surface area (Å²) in [5.74, 6) is 0. The second-order valence-corrected chi connectivity index (χ2v) is 2.97. The van der Waals surface area contributed by atoms with Crippen molar-refractivity contribution in [3.63, 3.8) is 0 Å². The van der Waals surface area contributed by atoms with E-state index in [1.54, 1.807) is 0 Å². The van der Waals surface area contributed by atoms with Crippen LogP contribution >= 0.6 is 15.9 Å². The summed E-state index contributed by atoms with van der Waals surface area (Å²) >= 11 is 3.37. The van der Waals surface area contributed by atoms with Gasteiger partial charge in [0.05, 0.1) is 0 Å². The summed E-state index contributed by atoms with van der Waals surface area (Å²) in [6.45, 7) is 2.36. The first-order chi connectivity index (χ1) is 5.41. The molecule has 0 aromatic rings. The van der Waals surface area contributed by atoms with E-state index in [0.29, 0.717) is 6.61 Å². The van der Waals surface area contributed by atoms with Crippen LogP contribution in [-0.2, 0) is 4.79 Å². The van der Waals surface area contributed by atoms with Gasteiger partial charge in [-0.15, -0.1) is 0 Å². The molecule has 0 saturated carbocycles. The zero-order chi connectivity index (χ0) is 8.95. The molecule has 0 saturated heterocycles. The van der Waals surface area contributed by atoms with Crippen LogP contribution in [0.15, 0.2) is 0 Å². The van der Waals surface area contributed by atoms with Gasteiger partial charge in [0.2, 0.25) is 0 Å². The highest BCUT2D eigenvalue weighted by Gasteiger charge is 1.86. The van der Waals surface area contributed by atoms with E-state index in [1.807, 2.05) is 6.79 Å². The highest BCUT2D eigenvalue weighted by Crippen LogP contribution is 2.03. The Morgan fingerprint density at radius 3 is 1.91 bits per heavy atom. The fraction of sp³-hybridized carbons (Fsp3) is 0.875. The van der Waals surface area contributed by atoms with Crippen LogP contribution in [0, 0.1) is 0 Å². The third-order valence-electron chi connectivity index (χ3n) is 1.29. The fourth-order valence-corrected chi connectivity index (χ4v) is 1.13. The van der Waals surface area contributed by atoms with Crippen LogP contribution in [-0.4, -0.2) is 23.8 Å². The van der Waals surface area contributed by atoms with E-state index in [-0.39, 0.29) is 0 Å². The van der Waals surface area contributed by atoms with E-state index in [9.17, 15) is 0 Å². The zero-order valence-corrected chi connectivity index (χ0v) is 8.48. The average Bonchev–Trinajstić information content (AvgIpc) is 2.08. The van der Waals surface area contributed by atoms with Gasteiger partial charge in [-0.3, -0.25) is 0 Å². The highest BCUT2D eigenvalue weighted by molar-refractivity contribution is 9.09. The lowest BCUT2D eigenvalue weighted by atomic mass is 10.2. The van der Waals surface area contributed by atoms with Gasteiger partial charge in [0.25, 0.3) is 0 Å². The minimum Gasteiger partial charge on any atom is -0.396 e. The number of alkyl halides is 1. The van der Waals surface area contributed by atoms with E-state index in [0.717, 1.165) is 11.8 Å². The predicted octanol–water partition coefficient (Wildman–Crippen LogP) is 2.14. The first-order valence-corrected chi connectivity index (χ1v) is 4.99. The predicted molar refractivity (Wildman–Crippen MR) is 51.1 cm³/mol. The van der Waals surface area contributed by atoms with E-state index in [1.165, 1.54) is 25.7 Å². The van der Waals surface area contributed by atoms with Crippen molar-refractivity contribution in [3.05, 3.63) is 0 Å². The van der Waals surface area contributed by atoms with Crippen LogP contribution in [0.1, 0.15) is 32.1 Å². The van der Waals surface area contributed by atoms with Crippen molar-refractivity contribution in [3.8, 4) is 0 Å². The quantitative estimate of drug-likeness (QED) is 0.555. The Morgan fingerprint density at radius 1 is 1.00 bits per heavy atom. The second kappa shape index (κ2) is 16.6. The van der Waals surface area contributed by atoms with Gasteiger partial charge in [-0.1, -0.05) is 35.2 Å². The molecular weight excluding hydrogens is 208 g/mol. The third kappa shape index (κ3) is 17.8. The molecule has 0 fully saturated rings. The summed E-state index contributed by atoms with van der Waals surface area (Å²) in [5, 5.41) is 9.53. The summed E-state index contributed by atoms with van der Waals surface area (Å²) in [7, 11) is 0. The highest BCUT2D eigenvalue weighted by atomic mass is 79.9. The van der Waals surface area contributed by atoms with E-state index in [2.05, 4.69) is 15.9 Å². The lowest BCUT2D eigenvalue weighted by Crippen LogP contribution is -1.83. The molecule has 2 nitrogen and oxygen atoms in total. The Balaban J connectivity index is 0. The monoisotopic (exact) mass is 224 g/mol. The number of halogens is 1. The van der Waals surface area contributed by atoms with E-state index in [4.69, 9.17) is 9.90 Å². The van der Waals surface area contributed by atoms with Crippen molar-refractivity contribution < 1.29 is 9.90 Å². The van der Waals surface area contributed by atoms with Gasteiger partial charge in [0.1, 0.15) is 6.79 Å². The maximum absolute atomic E-state index is 8.41. The maximum atomic E-state index is 8.41. The Kier molecular flexibility index (Phi) is 20.6. The Bertz CT molecular complexity index is 54.1. The van der Waals surface area contributed by atoms with Crippen molar-refractivity contribution >= 4 is 22.7 Å². The molecule has 0 aliphatic rings. The third-order valence-corrected chi connectivity index (χ3v) is 1.85. The molecule has 0 heterocycles. The first kappa shape index (κ1) is 13.7. The largest absolute Gasteiger partial charge is 0.396 e. The zero-order valence-electron chi connectivity index (χ0n) is 6.89. The number of carbonyl (C=O) groups is 1. The Morgan fingerprint density at radius 2 is 1.45 bits per heavy atom. The van der Waals surface area contributed by atoms with Crippen molar-refractivity contribution in [2.75, 3.05) is 11.9 Å². The summed E-state index contributed by atoms with van der Waals surface area (Å²) in [4.78, 5) is 8.00. The second-order valence-electron chi connectivity index (χ2n) is 2.18. The van der Waals surface area contributed by atoms with Crippen molar-refractivity contribution in [2.45, 2.75) is 32.1 Å². The van der Waals surface area contributed by atoms with Crippen molar-refractivity contribution in [2.24, 2.45) is 0 Å². The summed E-state index contributed by atoms with van der Waals surface area (Å²) < 4.78 is 0. The van der Waals surface area contributed by atoms with Crippen LogP contribution in [0.25, 0.3) is 0 Å². The number of carbonyl (C=O) groups excluding carboxylic acids is 1. The molecule has 0 radical (unpaired) electrons. The van der Waals surface area contributed by atoms with Gasteiger partial charge in [-0.05, 0) is 12.8 Å². The molecule has 0 rings (SSSR count). The number of rotatable bonds is 6. The molecule has 0 atom stereocenters. The van der Waals surface area contributed by atoms with Crippen LogP contribution in [0.5, 0.6) is 0 Å². The minimum atomic E-state index is 0.355. The number of hydrogen-bond donors (Lipinski definition) is 1. The van der Waals surface area contributed by atoms with Gasteiger partial charge in [-0.25, -0.2) is 0 Å². The molecule has 11 heavy (non-hydrogen) atoms. The van der Waals surface area contributed by atoms with Crippen LogP contribution < -0.4 is 0 Å². The van der Waals surface area contributed by atoms with E-state index >= 15 is 0 Å². The molecular formula is C8H17BrO2. The number of hydrogen-bond acceptors (Lipinski definition) is 2. The fourth-order valence-electron chi connectivity index (χ4n) is 0.737. The molecule has 3 heteroatoms. The summed E-state index contributed by atoms with van der Waals surface area (Å²) in [6, 6.07) is 0. The maximum Gasteiger partial charge on any atom is 0.106 e. The molecule has 0 aromatic heterocycles. The summed E-state index contributed by atoms with van der Waals surface area (Å²) in [5.41, 5.74) is 0. The molecule has 0 amide bonds. The van der Waals surface area contributed by atoms with Crippen LogP contribution in [0.2, 0.25) is 0 Å². The Labute approximate surface area is 77.1 Å². The van der Waals surface area contributed by atoms with Gasteiger partial charge in [0.15, 0.2) is 0 Å². The normalized spacial score (nSPS) is 8.55. The molecule has 0 unspecified atom stereocenters. The molecule has 0 aromatic carbocycles. The van der Waals surface area contributed by atoms with Crippen LogP contribution in [0.4, 0.5) is 0 Å². The number of aliphatic hydroxyl groups is 1. The smallest absolute Gasteiger partial charge is 0.106 e. The molecule has 68 valence electrons. The van der Waals surface area contributed by atoms with Gasteiger partial charge in [0, 0.05) is 11.9 Å². The summed E-state index contributed by atoms with van der Waals surface area (Å²) in [6.07, 6.45) is 5.99. The molecule has 0 aliphatic carbocycles. The SMILES string of the molecule is C=O.OCCCCCCCBr. The van der Waals surface area contributed by atoms with Crippen LogP contribution in [0.3, 0.4) is 0 Å². The number of unbranched alkanes of at least 4 members (excludes halogenated alkanes) is 4. The first-order valence-electron chi connectivity index (χ1n) is 3.87. The molecule has 0 bridgehead atoms. The van der Waals surface area contributed by atoms with Crippen molar-refractivity contribution in [1.29, 1.82) is 0 Å². The minimum absolute atomic E-state index is 0.355. The molecule has 0 spiro atoms. The molecule has 0 aliphatic heterocycles. The molecule has 1 N–H and O–H groups in total. The van der Waals surface area contributed by atoms with Gasteiger partial charge in [-0.2, -0.15) is 0 Å². The lowest BCUT2D eigenvalue weighted by molar-refractivity contribution is -0.0979. The Hall–Kier alpha value is 0.110. The average molecular weight is 225 g/mol.